The minimum Gasteiger partial charge on any atom is -0.496 e. The maximum atomic E-state index is 12.7. The molecule has 1 amide bonds. The van der Waals surface area contributed by atoms with Crippen molar-refractivity contribution in [3.63, 3.8) is 0 Å². The second-order valence-corrected chi connectivity index (χ2v) is 7.44. The van der Waals surface area contributed by atoms with Crippen LogP contribution in [0.25, 0.3) is 0 Å². The lowest BCUT2D eigenvalue weighted by atomic mass is 9.91. The first kappa shape index (κ1) is 15.8. The van der Waals surface area contributed by atoms with Crippen LogP contribution in [-0.2, 0) is 11.3 Å². The molecule has 1 atom stereocenters. The lowest BCUT2D eigenvalue weighted by Crippen LogP contribution is -2.34. The van der Waals surface area contributed by atoms with Gasteiger partial charge in [0.05, 0.1) is 7.11 Å². The summed E-state index contributed by atoms with van der Waals surface area (Å²) in [4.78, 5) is 14.6. The number of benzene rings is 1. The summed E-state index contributed by atoms with van der Waals surface area (Å²) in [5.74, 6) is 1.33. The molecule has 2 fully saturated rings. The summed E-state index contributed by atoms with van der Waals surface area (Å²) in [6, 6.07) is 5.91. The molecule has 1 aromatic carbocycles. The zero-order chi connectivity index (χ0) is 15.7. The van der Waals surface area contributed by atoms with Crippen molar-refractivity contribution < 1.29 is 9.53 Å². The molecule has 1 spiro atoms. The zero-order valence-electron chi connectivity index (χ0n) is 13.2. The lowest BCUT2D eigenvalue weighted by molar-refractivity contribution is -0.132. The first-order valence-electron chi connectivity index (χ1n) is 7.84. The quantitative estimate of drug-likeness (QED) is 0.890. The van der Waals surface area contributed by atoms with Gasteiger partial charge in [-0.1, -0.05) is 15.9 Å². The Kier molecular flexibility index (Phi) is 4.46. The van der Waals surface area contributed by atoms with Crippen LogP contribution in [-0.4, -0.2) is 38.1 Å². The minimum absolute atomic E-state index is 0.220. The average molecular weight is 367 g/mol. The highest BCUT2D eigenvalue weighted by molar-refractivity contribution is 9.10. The fourth-order valence-electron chi connectivity index (χ4n) is 3.64. The highest BCUT2D eigenvalue weighted by Gasteiger charge is 2.58. The van der Waals surface area contributed by atoms with Crippen molar-refractivity contribution in [1.29, 1.82) is 0 Å². The van der Waals surface area contributed by atoms with E-state index < -0.39 is 0 Å². The van der Waals surface area contributed by atoms with Crippen LogP contribution in [0.15, 0.2) is 22.7 Å². The molecule has 1 aromatic rings. The molecule has 1 aliphatic heterocycles. The van der Waals surface area contributed by atoms with E-state index in [0.29, 0.717) is 6.54 Å². The van der Waals surface area contributed by atoms with Gasteiger partial charge in [-0.05, 0) is 56.0 Å². The molecule has 0 bridgehead atoms. The van der Waals surface area contributed by atoms with E-state index in [9.17, 15) is 4.79 Å². The molecule has 1 unspecified atom stereocenters. The summed E-state index contributed by atoms with van der Waals surface area (Å²) in [5, 5.41) is 3.38. The molecule has 5 heteroatoms. The Morgan fingerprint density at radius 2 is 2.18 bits per heavy atom. The smallest absolute Gasteiger partial charge is 0.226 e. The molecule has 2 aliphatic rings. The average Bonchev–Trinajstić information content (AvgIpc) is 3.20. The SMILES string of the molecule is COc1ccc(Br)cc1CN(C)C(=O)C1CC12CCNCC2. The van der Waals surface area contributed by atoms with Crippen LogP contribution < -0.4 is 10.1 Å². The van der Waals surface area contributed by atoms with Crippen LogP contribution in [0, 0.1) is 11.3 Å². The molecular formula is C17H23BrN2O2. The molecule has 22 heavy (non-hydrogen) atoms. The van der Waals surface area contributed by atoms with Gasteiger partial charge < -0.3 is 15.0 Å². The summed E-state index contributed by atoms with van der Waals surface area (Å²) in [7, 11) is 3.56. The topological polar surface area (TPSA) is 41.6 Å². The van der Waals surface area contributed by atoms with Gasteiger partial charge in [0.1, 0.15) is 5.75 Å². The number of carbonyl (C=O) groups is 1. The van der Waals surface area contributed by atoms with Gasteiger partial charge in [0, 0.05) is 29.5 Å². The number of ether oxygens (including phenoxy) is 1. The van der Waals surface area contributed by atoms with Crippen LogP contribution in [0.3, 0.4) is 0 Å². The fourth-order valence-corrected chi connectivity index (χ4v) is 4.05. The second-order valence-electron chi connectivity index (χ2n) is 6.52. The van der Waals surface area contributed by atoms with Gasteiger partial charge in [0.2, 0.25) is 5.91 Å². The molecule has 1 saturated heterocycles. The Morgan fingerprint density at radius 1 is 1.45 bits per heavy atom. The summed E-state index contributed by atoms with van der Waals surface area (Å²) in [5.41, 5.74) is 1.32. The van der Waals surface area contributed by atoms with E-state index in [1.165, 1.54) is 0 Å². The van der Waals surface area contributed by atoms with E-state index in [2.05, 4.69) is 21.2 Å². The molecule has 1 saturated carbocycles. The minimum atomic E-state index is 0.220. The molecule has 4 nitrogen and oxygen atoms in total. The van der Waals surface area contributed by atoms with Gasteiger partial charge >= 0.3 is 0 Å². The van der Waals surface area contributed by atoms with Crippen LogP contribution in [0.5, 0.6) is 5.75 Å². The Hall–Kier alpha value is -1.07. The number of nitrogens with one attached hydrogen (secondary N) is 1. The third-order valence-electron chi connectivity index (χ3n) is 5.11. The van der Waals surface area contributed by atoms with Gasteiger partial charge in [-0.2, -0.15) is 0 Å². The Morgan fingerprint density at radius 3 is 2.86 bits per heavy atom. The number of hydrogen-bond acceptors (Lipinski definition) is 3. The van der Waals surface area contributed by atoms with E-state index in [1.807, 2.05) is 30.1 Å². The van der Waals surface area contributed by atoms with Gasteiger partial charge in [-0.3, -0.25) is 4.79 Å². The van der Waals surface area contributed by atoms with Gasteiger partial charge in [-0.25, -0.2) is 0 Å². The van der Waals surface area contributed by atoms with Crippen molar-refractivity contribution in [2.45, 2.75) is 25.8 Å². The molecule has 1 heterocycles. The summed E-state index contributed by atoms with van der Waals surface area (Å²) < 4.78 is 6.40. The van der Waals surface area contributed by atoms with Crippen LogP contribution in [0.1, 0.15) is 24.8 Å². The number of rotatable bonds is 4. The van der Waals surface area contributed by atoms with Crippen LogP contribution >= 0.6 is 15.9 Å². The Balaban J connectivity index is 1.66. The van der Waals surface area contributed by atoms with E-state index in [1.54, 1.807) is 7.11 Å². The second kappa shape index (κ2) is 6.20. The van der Waals surface area contributed by atoms with Crippen molar-refractivity contribution in [3.8, 4) is 5.75 Å². The predicted octanol–water partition coefficient (Wildman–Crippen LogP) is 2.81. The Bertz CT molecular complexity index is 570. The van der Waals surface area contributed by atoms with Gasteiger partial charge in [0.25, 0.3) is 0 Å². The third-order valence-corrected chi connectivity index (χ3v) is 5.61. The molecule has 3 rings (SSSR count). The number of carbonyl (C=O) groups excluding carboxylic acids is 1. The van der Waals surface area contributed by atoms with E-state index >= 15 is 0 Å². The highest BCUT2D eigenvalue weighted by atomic mass is 79.9. The van der Waals surface area contributed by atoms with Crippen molar-refractivity contribution >= 4 is 21.8 Å². The molecule has 0 radical (unpaired) electrons. The number of halogens is 1. The van der Waals surface area contributed by atoms with Crippen molar-refractivity contribution in [3.05, 3.63) is 28.2 Å². The summed E-state index contributed by atoms with van der Waals surface area (Å²) >= 11 is 3.49. The standard InChI is InChI=1S/C17H23BrN2O2/c1-20(11-12-9-13(18)3-4-15(12)22-2)16(21)14-10-17(14)5-7-19-8-6-17/h3-4,9,14,19H,5-8,10-11H2,1-2H3. The van der Waals surface area contributed by atoms with E-state index in [4.69, 9.17) is 4.74 Å². The van der Waals surface area contributed by atoms with Crippen LogP contribution in [0.4, 0.5) is 0 Å². The normalized spacial score (nSPS) is 22.4. The van der Waals surface area contributed by atoms with Crippen molar-refractivity contribution in [1.82, 2.24) is 10.2 Å². The first-order chi connectivity index (χ1) is 10.6. The van der Waals surface area contributed by atoms with Crippen molar-refractivity contribution in [2.24, 2.45) is 11.3 Å². The van der Waals surface area contributed by atoms with Gasteiger partial charge in [-0.15, -0.1) is 0 Å². The highest BCUT2D eigenvalue weighted by Crippen LogP contribution is 2.59. The van der Waals surface area contributed by atoms with E-state index in [0.717, 1.165) is 48.1 Å². The zero-order valence-corrected chi connectivity index (χ0v) is 14.8. The van der Waals surface area contributed by atoms with Gasteiger partial charge in [0.15, 0.2) is 0 Å². The van der Waals surface area contributed by atoms with E-state index in [-0.39, 0.29) is 17.2 Å². The molecule has 120 valence electrons. The maximum absolute atomic E-state index is 12.7. The Labute approximate surface area is 140 Å². The summed E-state index contributed by atoms with van der Waals surface area (Å²) in [6.07, 6.45) is 3.34. The third kappa shape index (κ3) is 3.01. The molecular weight excluding hydrogens is 344 g/mol. The molecule has 1 aliphatic carbocycles. The van der Waals surface area contributed by atoms with Crippen LogP contribution in [0.2, 0.25) is 0 Å². The number of piperidine rings is 1. The molecule has 1 N–H and O–H groups in total. The maximum Gasteiger partial charge on any atom is 0.226 e. The summed E-state index contributed by atoms with van der Waals surface area (Å²) in [6.45, 7) is 2.69. The fraction of sp³-hybridized carbons (Fsp3) is 0.588. The number of amides is 1. The number of nitrogens with zero attached hydrogens (tertiary/aromatic N) is 1. The number of methoxy groups -OCH3 is 1. The largest absolute Gasteiger partial charge is 0.496 e. The number of hydrogen-bond donors (Lipinski definition) is 1. The molecule has 0 aromatic heterocycles. The lowest BCUT2D eigenvalue weighted by Gasteiger charge is -2.25. The first-order valence-corrected chi connectivity index (χ1v) is 8.63. The monoisotopic (exact) mass is 366 g/mol. The predicted molar refractivity (Wildman–Crippen MR) is 89.8 cm³/mol. The van der Waals surface area contributed by atoms with Crippen molar-refractivity contribution in [2.75, 3.05) is 27.2 Å².